The van der Waals surface area contributed by atoms with Gasteiger partial charge in [-0.2, -0.15) is 0 Å². The lowest BCUT2D eigenvalue weighted by Crippen LogP contribution is -2.22. The molecule has 0 atom stereocenters. The van der Waals surface area contributed by atoms with E-state index in [-0.39, 0.29) is 5.56 Å². The van der Waals surface area contributed by atoms with Gasteiger partial charge < -0.3 is 4.74 Å². The lowest BCUT2D eigenvalue weighted by atomic mass is 10.2. The molecule has 1 aromatic carbocycles. The first-order valence-corrected chi connectivity index (χ1v) is 7.97. The molecule has 0 amide bonds. The Morgan fingerprint density at radius 2 is 1.96 bits per heavy atom. The maximum Gasteiger partial charge on any atom is 0.261 e. The molecule has 23 heavy (non-hydrogen) atoms. The van der Waals surface area contributed by atoms with E-state index in [4.69, 9.17) is 16.3 Å². The monoisotopic (exact) mass is 328 g/mol. The largest absolute Gasteiger partial charge is 0.485 e. The summed E-state index contributed by atoms with van der Waals surface area (Å²) < 4.78 is 7.39. The minimum Gasteiger partial charge on any atom is -0.485 e. The van der Waals surface area contributed by atoms with E-state index >= 15 is 0 Å². The summed E-state index contributed by atoms with van der Waals surface area (Å²) in [5, 5.41) is 0. The van der Waals surface area contributed by atoms with Crippen molar-refractivity contribution >= 4 is 17.2 Å². The Labute approximate surface area is 139 Å². The molecule has 0 saturated heterocycles. The van der Waals surface area contributed by atoms with Gasteiger partial charge in [-0.05, 0) is 31.0 Å². The van der Waals surface area contributed by atoms with Gasteiger partial charge >= 0.3 is 0 Å². The summed E-state index contributed by atoms with van der Waals surface area (Å²) in [4.78, 5) is 17.1. The summed E-state index contributed by atoms with van der Waals surface area (Å²) in [6.07, 6.45) is 2.22. The number of aryl methyl sites for hydroxylation is 1. The standard InChI is InChI=1S/C18H17ClN2O2/c1-13-15(9-10-19)18(22)21-11-5-8-16(17(21)20-13)23-12-14-6-3-2-4-7-14/h2-8,11H,9-10,12H2,1H3. The van der Waals surface area contributed by atoms with Crippen molar-refractivity contribution in [3.05, 3.63) is 75.8 Å². The van der Waals surface area contributed by atoms with E-state index in [1.54, 1.807) is 12.3 Å². The highest BCUT2D eigenvalue weighted by atomic mass is 35.5. The van der Waals surface area contributed by atoms with Crippen LogP contribution in [-0.2, 0) is 13.0 Å². The maximum absolute atomic E-state index is 12.6. The lowest BCUT2D eigenvalue weighted by Gasteiger charge is -2.11. The minimum absolute atomic E-state index is 0.0849. The molecule has 4 nitrogen and oxygen atoms in total. The van der Waals surface area contributed by atoms with Crippen LogP contribution in [0.15, 0.2) is 53.5 Å². The molecule has 2 heterocycles. The van der Waals surface area contributed by atoms with Crippen molar-refractivity contribution in [2.75, 3.05) is 5.88 Å². The summed E-state index contributed by atoms with van der Waals surface area (Å²) in [5.74, 6) is 0.988. The van der Waals surface area contributed by atoms with Gasteiger partial charge in [-0.25, -0.2) is 4.98 Å². The summed E-state index contributed by atoms with van der Waals surface area (Å²) in [7, 11) is 0. The fourth-order valence-corrected chi connectivity index (χ4v) is 2.70. The molecular weight excluding hydrogens is 312 g/mol. The van der Waals surface area contributed by atoms with E-state index in [0.29, 0.717) is 41.6 Å². The van der Waals surface area contributed by atoms with E-state index in [2.05, 4.69) is 4.98 Å². The third-order valence-corrected chi connectivity index (χ3v) is 3.89. The highest BCUT2D eigenvalue weighted by molar-refractivity contribution is 6.18. The molecule has 3 aromatic rings. The Kier molecular flexibility index (Phi) is 4.63. The molecule has 0 aliphatic rings. The first-order chi connectivity index (χ1) is 11.2. The predicted octanol–water partition coefficient (Wildman–Crippen LogP) is 3.36. The molecule has 0 unspecified atom stereocenters. The van der Waals surface area contributed by atoms with Crippen LogP contribution in [0.25, 0.3) is 5.65 Å². The van der Waals surface area contributed by atoms with Gasteiger partial charge in [-0.15, -0.1) is 11.6 Å². The van der Waals surface area contributed by atoms with Crippen molar-refractivity contribution in [1.82, 2.24) is 9.38 Å². The zero-order chi connectivity index (χ0) is 16.2. The second-order valence-corrected chi connectivity index (χ2v) is 5.64. The smallest absolute Gasteiger partial charge is 0.261 e. The van der Waals surface area contributed by atoms with Crippen molar-refractivity contribution in [2.24, 2.45) is 0 Å². The summed E-state index contributed by atoms with van der Waals surface area (Å²) in [6.45, 7) is 2.26. The van der Waals surface area contributed by atoms with Crippen LogP contribution in [0.2, 0.25) is 0 Å². The third kappa shape index (κ3) is 3.22. The first-order valence-electron chi connectivity index (χ1n) is 7.44. The molecule has 118 valence electrons. The second kappa shape index (κ2) is 6.84. The predicted molar refractivity (Wildman–Crippen MR) is 91.4 cm³/mol. The van der Waals surface area contributed by atoms with Crippen molar-refractivity contribution in [3.8, 4) is 5.75 Å². The average Bonchev–Trinajstić information content (AvgIpc) is 2.58. The number of aromatic nitrogens is 2. The highest BCUT2D eigenvalue weighted by Crippen LogP contribution is 2.19. The highest BCUT2D eigenvalue weighted by Gasteiger charge is 2.12. The van der Waals surface area contributed by atoms with Gasteiger partial charge in [0.15, 0.2) is 11.4 Å². The van der Waals surface area contributed by atoms with Crippen molar-refractivity contribution < 1.29 is 4.74 Å². The fraction of sp³-hybridized carbons (Fsp3) is 0.222. The average molecular weight is 329 g/mol. The summed E-state index contributed by atoms with van der Waals surface area (Å²) >= 11 is 5.78. The molecule has 2 aromatic heterocycles. The zero-order valence-corrected chi connectivity index (χ0v) is 13.6. The van der Waals surface area contributed by atoms with Crippen LogP contribution in [0.1, 0.15) is 16.8 Å². The Morgan fingerprint density at radius 3 is 2.70 bits per heavy atom. The van der Waals surface area contributed by atoms with Crippen molar-refractivity contribution in [2.45, 2.75) is 20.0 Å². The number of hydrogen-bond acceptors (Lipinski definition) is 3. The van der Waals surface area contributed by atoms with E-state index in [1.165, 1.54) is 4.40 Å². The van der Waals surface area contributed by atoms with Crippen LogP contribution in [0, 0.1) is 6.92 Å². The Balaban J connectivity index is 2.00. The van der Waals surface area contributed by atoms with Crippen LogP contribution in [-0.4, -0.2) is 15.3 Å². The number of hydrogen-bond donors (Lipinski definition) is 0. The summed E-state index contributed by atoms with van der Waals surface area (Å²) in [6, 6.07) is 13.5. The molecule has 0 N–H and O–H groups in total. The van der Waals surface area contributed by atoms with Crippen molar-refractivity contribution in [1.29, 1.82) is 0 Å². The molecule has 0 spiro atoms. The minimum atomic E-state index is -0.0849. The molecular formula is C18H17ClN2O2. The van der Waals surface area contributed by atoms with E-state index in [9.17, 15) is 4.79 Å². The molecule has 0 radical (unpaired) electrons. The molecule has 0 aliphatic heterocycles. The van der Waals surface area contributed by atoms with E-state index in [1.807, 2.05) is 43.3 Å². The Bertz CT molecular complexity index is 875. The van der Waals surface area contributed by atoms with E-state index < -0.39 is 0 Å². The Hall–Kier alpha value is -2.33. The summed E-state index contributed by atoms with van der Waals surface area (Å²) in [5.41, 5.74) is 2.86. The number of fused-ring (bicyclic) bond motifs is 1. The quantitative estimate of drug-likeness (QED) is 0.674. The molecule has 0 saturated carbocycles. The number of rotatable bonds is 5. The SMILES string of the molecule is Cc1nc2c(OCc3ccccc3)cccn2c(=O)c1CCCl. The number of halogens is 1. The van der Waals surface area contributed by atoms with Crippen LogP contribution in [0.5, 0.6) is 5.75 Å². The van der Waals surface area contributed by atoms with Crippen LogP contribution in [0.3, 0.4) is 0 Å². The number of nitrogens with zero attached hydrogens (tertiary/aromatic N) is 2. The molecule has 0 aliphatic carbocycles. The third-order valence-electron chi connectivity index (χ3n) is 3.70. The van der Waals surface area contributed by atoms with Crippen molar-refractivity contribution in [3.63, 3.8) is 0 Å². The van der Waals surface area contributed by atoms with Crippen LogP contribution < -0.4 is 10.3 Å². The molecule has 0 bridgehead atoms. The molecule has 5 heteroatoms. The number of ether oxygens (including phenoxy) is 1. The maximum atomic E-state index is 12.6. The molecule has 0 fully saturated rings. The first kappa shape index (κ1) is 15.6. The van der Waals surface area contributed by atoms with Gasteiger partial charge in [0.25, 0.3) is 5.56 Å². The van der Waals surface area contributed by atoms with Gasteiger partial charge in [0.1, 0.15) is 6.61 Å². The van der Waals surface area contributed by atoms with Crippen LogP contribution >= 0.6 is 11.6 Å². The zero-order valence-electron chi connectivity index (χ0n) is 12.8. The lowest BCUT2D eigenvalue weighted by molar-refractivity contribution is 0.308. The normalized spacial score (nSPS) is 10.9. The van der Waals surface area contributed by atoms with Crippen LogP contribution in [0.4, 0.5) is 0 Å². The Morgan fingerprint density at radius 1 is 1.17 bits per heavy atom. The molecule has 3 rings (SSSR count). The number of alkyl halides is 1. The number of benzene rings is 1. The number of pyridine rings is 1. The van der Waals surface area contributed by atoms with Gasteiger partial charge in [-0.3, -0.25) is 9.20 Å². The fourth-order valence-electron chi connectivity index (χ4n) is 2.51. The second-order valence-electron chi connectivity index (χ2n) is 5.26. The van der Waals surface area contributed by atoms with Gasteiger partial charge in [0.05, 0.1) is 0 Å². The van der Waals surface area contributed by atoms with Gasteiger partial charge in [-0.1, -0.05) is 30.3 Å². The van der Waals surface area contributed by atoms with Gasteiger partial charge in [0.2, 0.25) is 0 Å². The van der Waals surface area contributed by atoms with Gasteiger partial charge in [0, 0.05) is 23.3 Å². The topological polar surface area (TPSA) is 43.6 Å². The van der Waals surface area contributed by atoms with E-state index in [0.717, 1.165) is 5.56 Å².